The summed E-state index contributed by atoms with van der Waals surface area (Å²) in [4.78, 5) is 24.6. The number of hydrogen-bond acceptors (Lipinski definition) is 5. The van der Waals surface area contributed by atoms with E-state index < -0.39 is 12.1 Å². The average molecular weight is 1100 g/mol. The van der Waals surface area contributed by atoms with E-state index in [1.807, 2.05) is 0 Å². The highest BCUT2D eigenvalue weighted by molar-refractivity contribution is 5.76. The van der Waals surface area contributed by atoms with E-state index in [4.69, 9.17) is 4.74 Å². The first kappa shape index (κ1) is 76.6. The fraction of sp³-hybridized carbons (Fsp3) is 0.944. The third kappa shape index (κ3) is 63.8. The molecule has 0 fully saturated rings. The number of amides is 1. The highest BCUT2D eigenvalue weighted by atomic mass is 16.5. The Balaban J connectivity index is 3.33. The summed E-state index contributed by atoms with van der Waals surface area (Å²) < 4.78 is 5.51. The lowest BCUT2D eigenvalue weighted by molar-refractivity contribution is -0.143. The maximum atomic E-state index is 12.5. The molecular formula is C72H141NO5. The highest BCUT2D eigenvalue weighted by Gasteiger charge is 2.20. The van der Waals surface area contributed by atoms with Crippen LogP contribution in [0.4, 0.5) is 0 Å². The number of allylic oxidation sites excluding steroid dienone is 2. The van der Waals surface area contributed by atoms with E-state index >= 15 is 0 Å². The van der Waals surface area contributed by atoms with Gasteiger partial charge >= 0.3 is 5.97 Å². The van der Waals surface area contributed by atoms with Crippen molar-refractivity contribution < 1.29 is 24.5 Å². The standard InChI is InChI=1S/C72H141NO5/c1-3-5-7-9-11-13-15-17-18-19-31-35-38-42-46-50-54-58-62-66-72(77)78-67-63-59-55-51-47-43-39-36-33-30-28-26-24-22-20-21-23-25-27-29-32-34-37-41-45-49-53-57-61-65-71(76)73-69(68-74)70(75)64-60-56-52-48-44-40-16-14-12-10-8-6-4-2/h20,22,69-70,74-75H,3-19,21,23-68H2,1-2H3,(H,73,76)/b22-20-. The highest BCUT2D eigenvalue weighted by Crippen LogP contribution is 2.19. The minimum absolute atomic E-state index is 0.0223. The molecule has 0 rings (SSSR count). The van der Waals surface area contributed by atoms with Gasteiger partial charge in [0.05, 0.1) is 25.4 Å². The smallest absolute Gasteiger partial charge is 0.305 e. The van der Waals surface area contributed by atoms with E-state index in [2.05, 4.69) is 31.3 Å². The average Bonchev–Trinajstić information content (AvgIpc) is 3.44. The Hall–Kier alpha value is -1.40. The molecular weight excluding hydrogens is 959 g/mol. The number of carbonyl (C=O) groups excluding carboxylic acids is 2. The zero-order valence-electron chi connectivity index (χ0n) is 53.2. The van der Waals surface area contributed by atoms with Gasteiger partial charge in [-0.3, -0.25) is 9.59 Å². The van der Waals surface area contributed by atoms with Crippen molar-refractivity contribution in [2.45, 2.75) is 424 Å². The van der Waals surface area contributed by atoms with E-state index in [1.165, 1.54) is 340 Å². The first-order chi connectivity index (χ1) is 38.5. The van der Waals surface area contributed by atoms with Gasteiger partial charge in [0.15, 0.2) is 0 Å². The van der Waals surface area contributed by atoms with Crippen LogP contribution in [0.15, 0.2) is 12.2 Å². The molecule has 0 aromatic carbocycles. The summed E-state index contributed by atoms with van der Waals surface area (Å²) in [5.74, 6) is -0.00941. The maximum Gasteiger partial charge on any atom is 0.305 e. The fourth-order valence-corrected chi connectivity index (χ4v) is 11.6. The van der Waals surface area contributed by atoms with Crippen LogP contribution in [-0.2, 0) is 14.3 Å². The molecule has 6 heteroatoms. The van der Waals surface area contributed by atoms with E-state index in [9.17, 15) is 19.8 Å². The molecule has 0 saturated carbocycles. The summed E-state index contributed by atoms with van der Waals surface area (Å²) in [5, 5.41) is 23.3. The van der Waals surface area contributed by atoms with Crippen LogP contribution in [-0.4, -0.2) is 47.4 Å². The van der Waals surface area contributed by atoms with Gasteiger partial charge in [-0.2, -0.15) is 0 Å². The van der Waals surface area contributed by atoms with Gasteiger partial charge in [-0.25, -0.2) is 0 Å². The van der Waals surface area contributed by atoms with Crippen molar-refractivity contribution in [1.29, 1.82) is 0 Å². The SMILES string of the molecule is CCCCCCCCCCCCCCCCCCCCCC(=O)OCCCCCCCCCCCCCC/C=C\CCCCCCCCCCCCCCCC(=O)NC(CO)C(O)CCCCCCCCCCCCCCC. The third-order valence-corrected chi connectivity index (χ3v) is 17.1. The number of rotatable bonds is 68. The van der Waals surface area contributed by atoms with Gasteiger partial charge in [0.1, 0.15) is 0 Å². The lowest BCUT2D eigenvalue weighted by Gasteiger charge is -2.22. The molecule has 0 saturated heterocycles. The van der Waals surface area contributed by atoms with Gasteiger partial charge in [-0.15, -0.1) is 0 Å². The monoisotopic (exact) mass is 1100 g/mol. The van der Waals surface area contributed by atoms with Gasteiger partial charge in [0.2, 0.25) is 5.91 Å². The van der Waals surface area contributed by atoms with Gasteiger partial charge in [-0.1, -0.05) is 360 Å². The number of ether oxygens (including phenoxy) is 1. The number of unbranched alkanes of at least 4 members (excludes halogenated alkanes) is 55. The predicted molar refractivity (Wildman–Crippen MR) is 343 cm³/mol. The molecule has 0 radical (unpaired) electrons. The number of aliphatic hydroxyl groups is 2. The van der Waals surface area contributed by atoms with E-state index in [0.717, 1.165) is 38.5 Å². The molecule has 6 nitrogen and oxygen atoms in total. The Labute approximate surface area is 489 Å². The van der Waals surface area contributed by atoms with Crippen molar-refractivity contribution in [3.05, 3.63) is 12.2 Å². The van der Waals surface area contributed by atoms with Crippen LogP contribution in [0.3, 0.4) is 0 Å². The first-order valence-electron chi connectivity index (χ1n) is 35.9. The van der Waals surface area contributed by atoms with Crippen molar-refractivity contribution in [2.24, 2.45) is 0 Å². The normalized spacial score (nSPS) is 12.5. The van der Waals surface area contributed by atoms with E-state index in [0.29, 0.717) is 25.9 Å². The maximum absolute atomic E-state index is 12.5. The molecule has 0 aromatic rings. The second-order valence-electron chi connectivity index (χ2n) is 24.9. The molecule has 0 heterocycles. The number of carbonyl (C=O) groups is 2. The Morgan fingerprint density at radius 3 is 0.910 bits per heavy atom. The zero-order valence-corrected chi connectivity index (χ0v) is 53.2. The van der Waals surface area contributed by atoms with Crippen molar-refractivity contribution in [3.63, 3.8) is 0 Å². The number of nitrogens with one attached hydrogen (secondary N) is 1. The summed E-state index contributed by atoms with van der Waals surface area (Å²) in [6, 6.07) is -0.539. The molecule has 464 valence electrons. The second kappa shape index (κ2) is 68.1. The van der Waals surface area contributed by atoms with Gasteiger partial charge in [0.25, 0.3) is 0 Å². The molecule has 2 unspecified atom stereocenters. The molecule has 1 amide bonds. The van der Waals surface area contributed by atoms with Crippen molar-refractivity contribution in [3.8, 4) is 0 Å². The Morgan fingerprint density at radius 2 is 0.603 bits per heavy atom. The van der Waals surface area contributed by atoms with Gasteiger partial charge in [0, 0.05) is 12.8 Å². The number of aliphatic hydroxyl groups excluding tert-OH is 2. The minimum Gasteiger partial charge on any atom is -0.466 e. The third-order valence-electron chi connectivity index (χ3n) is 17.1. The van der Waals surface area contributed by atoms with Gasteiger partial charge in [-0.05, 0) is 51.4 Å². The van der Waals surface area contributed by atoms with Crippen molar-refractivity contribution >= 4 is 11.9 Å². The van der Waals surface area contributed by atoms with Gasteiger partial charge < -0.3 is 20.3 Å². The number of esters is 1. The summed E-state index contributed by atoms with van der Waals surface area (Å²) in [6.45, 7) is 4.99. The summed E-state index contributed by atoms with van der Waals surface area (Å²) in [5.41, 5.74) is 0. The molecule has 78 heavy (non-hydrogen) atoms. The van der Waals surface area contributed by atoms with Crippen LogP contribution in [0.2, 0.25) is 0 Å². The Morgan fingerprint density at radius 1 is 0.346 bits per heavy atom. The molecule has 0 aliphatic heterocycles. The van der Waals surface area contributed by atoms with Crippen LogP contribution in [0.25, 0.3) is 0 Å². The largest absolute Gasteiger partial charge is 0.466 e. The lowest BCUT2D eigenvalue weighted by atomic mass is 10.0. The predicted octanol–water partition coefficient (Wildman–Crippen LogP) is 23.1. The molecule has 2 atom stereocenters. The topological polar surface area (TPSA) is 95.9 Å². The summed E-state index contributed by atoms with van der Waals surface area (Å²) >= 11 is 0. The number of hydrogen-bond donors (Lipinski definition) is 3. The zero-order chi connectivity index (χ0) is 56.4. The lowest BCUT2D eigenvalue weighted by Crippen LogP contribution is -2.45. The van der Waals surface area contributed by atoms with Crippen LogP contribution in [0, 0.1) is 0 Å². The van der Waals surface area contributed by atoms with E-state index in [-0.39, 0.29) is 18.5 Å². The molecule has 3 N–H and O–H groups in total. The second-order valence-corrected chi connectivity index (χ2v) is 24.9. The van der Waals surface area contributed by atoms with Crippen LogP contribution < -0.4 is 5.32 Å². The quantitative estimate of drug-likeness (QED) is 0.0320. The summed E-state index contributed by atoms with van der Waals surface area (Å²) in [7, 11) is 0. The minimum atomic E-state index is -0.662. The molecule has 0 aromatic heterocycles. The molecule has 0 aliphatic carbocycles. The Kier molecular flexibility index (Phi) is 66.9. The molecule has 0 spiro atoms. The van der Waals surface area contributed by atoms with Crippen molar-refractivity contribution in [1.82, 2.24) is 5.32 Å². The summed E-state index contributed by atoms with van der Waals surface area (Å²) in [6.07, 6.45) is 84.1. The Bertz CT molecular complexity index is 1180. The fourth-order valence-electron chi connectivity index (χ4n) is 11.6. The van der Waals surface area contributed by atoms with Crippen LogP contribution in [0.5, 0.6) is 0 Å². The van der Waals surface area contributed by atoms with Crippen LogP contribution in [0.1, 0.15) is 412 Å². The van der Waals surface area contributed by atoms with Crippen molar-refractivity contribution in [2.75, 3.05) is 13.2 Å². The van der Waals surface area contributed by atoms with E-state index in [1.54, 1.807) is 0 Å². The molecule has 0 aliphatic rings. The van der Waals surface area contributed by atoms with Crippen LogP contribution >= 0.6 is 0 Å². The first-order valence-corrected chi connectivity index (χ1v) is 35.9. The molecule has 0 bridgehead atoms.